The number of nitro groups is 1. The lowest BCUT2D eigenvalue weighted by Gasteiger charge is -2.50. The molecule has 11 nitrogen and oxygen atoms in total. The molecule has 32 heavy (non-hydrogen) atoms. The molecule has 0 saturated heterocycles. The molecule has 168 valence electrons. The second-order valence-electron chi connectivity index (χ2n) is 8.56. The minimum Gasteiger partial charge on any atom is -0.508 e. The molecular formula is C21H21N3O8. The number of rotatable bonds is 3. The van der Waals surface area contributed by atoms with E-state index in [4.69, 9.17) is 5.73 Å². The molecule has 1 aromatic rings. The van der Waals surface area contributed by atoms with Gasteiger partial charge in [0.25, 0.3) is 11.6 Å². The van der Waals surface area contributed by atoms with Crippen LogP contribution in [-0.2, 0) is 20.8 Å². The largest absolute Gasteiger partial charge is 0.508 e. The van der Waals surface area contributed by atoms with E-state index in [1.54, 1.807) is 0 Å². The standard InChI is InChI=1S/C21H21N3O8/c1-23(2)15-12-6-9-5-8-3-4-10(24(31)32)7-11(8)16(25)13(9)18(27)21(12,30)19(28)14(17(15)26)20(22)29/h3-4,7,9,12,15,25,28,30H,5-6H2,1-2H3,(H2,22,29)/t9-,12-,15-,21-/m0/s1. The average Bonchev–Trinajstić information content (AvgIpc) is 2.70. The Morgan fingerprint density at radius 2 is 1.94 bits per heavy atom. The van der Waals surface area contributed by atoms with Gasteiger partial charge in [0.2, 0.25) is 5.78 Å². The molecule has 4 atom stereocenters. The van der Waals surface area contributed by atoms with Crippen molar-refractivity contribution in [1.82, 2.24) is 4.90 Å². The Bertz CT molecular complexity index is 1170. The number of nitrogens with zero attached hydrogens (tertiary/aromatic N) is 2. The molecule has 0 unspecified atom stereocenters. The Labute approximate surface area is 181 Å². The minimum atomic E-state index is -2.66. The summed E-state index contributed by atoms with van der Waals surface area (Å²) in [6.07, 6.45) is 0.259. The fourth-order valence-electron chi connectivity index (χ4n) is 5.24. The SMILES string of the molecule is CN(C)[C@@H]1C(=O)C(C(N)=O)=C(O)[C@@]2(O)C(=O)C3=C(O)c4cc([N+](=O)[O-])ccc4C[C@H]3C[C@@H]12. The van der Waals surface area contributed by atoms with Crippen molar-refractivity contribution in [2.45, 2.75) is 24.5 Å². The lowest BCUT2D eigenvalue weighted by Crippen LogP contribution is -2.65. The number of Topliss-reactive ketones (excluding diaryl/α,β-unsaturated/α-hetero) is 2. The number of aliphatic hydroxyl groups excluding tert-OH is 2. The second-order valence-corrected chi connectivity index (χ2v) is 8.56. The fraction of sp³-hybridized carbons (Fsp3) is 0.381. The first-order valence-electron chi connectivity index (χ1n) is 9.83. The molecule has 0 bridgehead atoms. The minimum absolute atomic E-state index is 0.0305. The zero-order valence-corrected chi connectivity index (χ0v) is 17.2. The van der Waals surface area contributed by atoms with Crippen molar-refractivity contribution >= 4 is 28.9 Å². The maximum Gasteiger partial charge on any atom is 0.270 e. The van der Waals surface area contributed by atoms with Crippen LogP contribution in [0.4, 0.5) is 5.69 Å². The summed E-state index contributed by atoms with van der Waals surface area (Å²) in [4.78, 5) is 50.3. The zero-order chi connectivity index (χ0) is 23.7. The molecule has 3 aliphatic rings. The van der Waals surface area contributed by atoms with E-state index >= 15 is 0 Å². The van der Waals surface area contributed by atoms with Crippen molar-refractivity contribution in [3.63, 3.8) is 0 Å². The van der Waals surface area contributed by atoms with Crippen molar-refractivity contribution in [3.8, 4) is 0 Å². The molecule has 0 radical (unpaired) electrons. The number of fused-ring (bicyclic) bond motifs is 3. The maximum atomic E-state index is 13.5. The van der Waals surface area contributed by atoms with Crippen LogP contribution in [0.25, 0.3) is 5.76 Å². The van der Waals surface area contributed by atoms with Gasteiger partial charge in [-0.1, -0.05) is 6.07 Å². The van der Waals surface area contributed by atoms with Crippen LogP contribution in [-0.4, -0.2) is 68.4 Å². The van der Waals surface area contributed by atoms with Gasteiger partial charge in [-0.25, -0.2) is 0 Å². The molecule has 0 aliphatic heterocycles. The number of likely N-dealkylation sites (N-methyl/N-ethyl adjacent to an activating group) is 1. The number of benzene rings is 1. The van der Waals surface area contributed by atoms with Crippen LogP contribution >= 0.6 is 0 Å². The Morgan fingerprint density at radius 3 is 2.50 bits per heavy atom. The molecule has 0 spiro atoms. The first-order chi connectivity index (χ1) is 14.9. The van der Waals surface area contributed by atoms with E-state index in [1.165, 1.54) is 31.1 Å². The van der Waals surface area contributed by atoms with E-state index in [9.17, 15) is 39.8 Å². The lowest BCUT2D eigenvalue weighted by molar-refractivity contribution is -0.384. The van der Waals surface area contributed by atoms with Crippen molar-refractivity contribution in [1.29, 1.82) is 0 Å². The number of nitro benzene ring substituents is 1. The normalized spacial score (nSPS) is 29.6. The summed E-state index contributed by atoms with van der Waals surface area (Å²) < 4.78 is 0. The molecule has 1 aromatic carbocycles. The predicted molar refractivity (Wildman–Crippen MR) is 109 cm³/mol. The number of ketones is 2. The third-order valence-electron chi connectivity index (χ3n) is 6.65. The van der Waals surface area contributed by atoms with Gasteiger partial charge in [-0.2, -0.15) is 0 Å². The molecule has 0 heterocycles. The summed E-state index contributed by atoms with van der Waals surface area (Å²) in [6, 6.07) is 2.79. The summed E-state index contributed by atoms with van der Waals surface area (Å²) in [6.45, 7) is 0. The van der Waals surface area contributed by atoms with Crippen LogP contribution in [0, 0.1) is 22.0 Å². The monoisotopic (exact) mass is 443 g/mol. The molecular weight excluding hydrogens is 422 g/mol. The van der Waals surface area contributed by atoms with E-state index < -0.39 is 63.0 Å². The van der Waals surface area contributed by atoms with E-state index in [0.29, 0.717) is 5.56 Å². The van der Waals surface area contributed by atoms with Gasteiger partial charge in [0.15, 0.2) is 11.4 Å². The number of primary amides is 1. The van der Waals surface area contributed by atoms with Gasteiger partial charge in [-0.3, -0.25) is 29.4 Å². The molecule has 3 aliphatic carbocycles. The molecule has 5 N–H and O–H groups in total. The van der Waals surface area contributed by atoms with Crippen LogP contribution in [0.1, 0.15) is 17.5 Å². The Morgan fingerprint density at radius 1 is 1.28 bits per heavy atom. The summed E-state index contributed by atoms with van der Waals surface area (Å²) in [5, 5.41) is 44.2. The Kier molecular flexibility index (Phi) is 4.72. The van der Waals surface area contributed by atoms with Gasteiger partial charge in [-0.05, 0) is 38.4 Å². The Balaban J connectivity index is 1.95. The zero-order valence-electron chi connectivity index (χ0n) is 17.2. The third kappa shape index (κ3) is 2.71. The number of hydrogen-bond donors (Lipinski definition) is 4. The van der Waals surface area contributed by atoms with E-state index in [2.05, 4.69) is 0 Å². The summed E-state index contributed by atoms with van der Waals surface area (Å²) >= 11 is 0. The number of non-ortho nitro benzene ring substituents is 1. The first-order valence-corrected chi connectivity index (χ1v) is 9.83. The smallest absolute Gasteiger partial charge is 0.270 e. The molecule has 1 amide bonds. The van der Waals surface area contributed by atoms with Crippen LogP contribution in [0.3, 0.4) is 0 Å². The highest BCUT2D eigenvalue weighted by Crippen LogP contribution is 2.51. The van der Waals surface area contributed by atoms with Crippen LogP contribution < -0.4 is 5.73 Å². The quantitative estimate of drug-likeness (QED) is 0.287. The molecule has 1 saturated carbocycles. The molecule has 11 heteroatoms. The van der Waals surface area contributed by atoms with Crippen LogP contribution in [0.2, 0.25) is 0 Å². The van der Waals surface area contributed by atoms with Crippen molar-refractivity contribution < 1.29 is 34.6 Å². The highest BCUT2D eigenvalue weighted by Gasteiger charge is 2.64. The van der Waals surface area contributed by atoms with Crippen LogP contribution in [0.15, 0.2) is 35.1 Å². The average molecular weight is 443 g/mol. The van der Waals surface area contributed by atoms with E-state index in [1.807, 2.05) is 0 Å². The number of carbonyl (C=O) groups is 3. The first kappa shape index (κ1) is 21.7. The summed E-state index contributed by atoms with van der Waals surface area (Å²) in [5.74, 6) is -6.55. The van der Waals surface area contributed by atoms with Crippen molar-refractivity contribution in [2.75, 3.05) is 14.1 Å². The number of carbonyl (C=O) groups excluding carboxylic acids is 3. The number of nitrogens with two attached hydrogens (primary N) is 1. The molecule has 4 rings (SSSR count). The number of amides is 1. The van der Waals surface area contributed by atoms with E-state index in [0.717, 1.165) is 6.07 Å². The van der Waals surface area contributed by atoms with Crippen LogP contribution in [0.5, 0.6) is 0 Å². The molecule has 0 aromatic heterocycles. The highest BCUT2D eigenvalue weighted by molar-refractivity contribution is 6.24. The predicted octanol–water partition coefficient (Wildman–Crippen LogP) is 0.167. The lowest BCUT2D eigenvalue weighted by atomic mass is 9.57. The summed E-state index contributed by atoms with van der Waals surface area (Å²) in [7, 11) is 3.07. The topological polar surface area (TPSA) is 184 Å². The second kappa shape index (κ2) is 6.97. The van der Waals surface area contributed by atoms with Gasteiger partial charge in [0.1, 0.15) is 17.1 Å². The van der Waals surface area contributed by atoms with Gasteiger partial charge < -0.3 is 21.1 Å². The van der Waals surface area contributed by atoms with Gasteiger partial charge in [-0.15, -0.1) is 0 Å². The van der Waals surface area contributed by atoms with Gasteiger partial charge in [0, 0.05) is 29.2 Å². The maximum absolute atomic E-state index is 13.5. The number of hydrogen-bond acceptors (Lipinski definition) is 9. The molecule has 1 fully saturated rings. The fourth-order valence-corrected chi connectivity index (χ4v) is 5.24. The third-order valence-corrected chi connectivity index (χ3v) is 6.65. The van der Waals surface area contributed by atoms with E-state index in [-0.39, 0.29) is 29.7 Å². The summed E-state index contributed by atoms with van der Waals surface area (Å²) in [5.41, 5.74) is 1.89. The van der Waals surface area contributed by atoms with Gasteiger partial charge in [0.05, 0.1) is 11.0 Å². The highest BCUT2D eigenvalue weighted by atomic mass is 16.6. The number of aliphatic hydroxyl groups is 3. The van der Waals surface area contributed by atoms with Crippen molar-refractivity contribution in [3.05, 3.63) is 56.3 Å². The van der Waals surface area contributed by atoms with Crippen molar-refractivity contribution in [2.24, 2.45) is 17.6 Å². The Hall–Kier alpha value is -3.57. The van der Waals surface area contributed by atoms with Gasteiger partial charge >= 0.3 is 0 Å².